The van der Waals surface area contributed by atoms with E-state index in [-0.39, 0.29) is 11.8 Å². The highest BCUT2D eigenvalue weighted by atomic mass is 16.5. The molecule has 2 heterocycles. The lowest BCUT2D eigenvalue weighted by Crippen LogP contribution is -2.16. The first-order valence-electron chi connectivity index (χ1n) is 5.71. The summed E-state index contributed by atoms with van der Waals surface area (Å²) >= 11 is 0. The minimum absolute atomic E-state index is 0.102. The molecule has 1 aromatic carbocycles. The molecule has 92 valence electrons. The Morgan fingerprint density at radius 2 is 2.17 bits per heavy atom. The van der Waals surface area contributed by atoms with Gasteiger partial charge in [-0.15, -0.1) is 0 Å². The minimum atomic E-state index is -0.999. The number of nitrogens with one attached hydrogen (secondary N) is 1. The Morgan fingerprint density at radius 3 is 2.89 bits per heavy atom. The van der Waals surface area contributed by atoms with Crippen LogP contribution in [0.5, 0.6) is 0 Å². The Balaban J connectivity index is 1.93. The van der Waals surface area contributed by atoms with Crippen molar-refractivity contribution in [2.24, 2.45) is 0 Å². The lowest BCUT2D eigenvalue weighted by atomic mass is 9.97. The fourth-order valence-corrected chi connectivity index (χ4v) is 2.23. The maximum atomic E-state index is 11.1. The van der Waals surface area contributed by atoms with Gasteiger partial charge in [-0.2, -0.15) is 5.10 Å². The Hall–Kier alpha value is -2.14. The first-order valence-corrected chi connectivity index (χ1v) is 5.71. The SMILES string of the molecule is O=C(O)c1n[nH]c2c1CC(c1ccccc1)OC2. The minimum Gasteiger partial charge on any atom is -0.476 e. The molecule has 2 N–H and O–H groups in total. The highest BCUT2D eigenvalue weighted by Crippen LogP contribution is 2.30. The maximum absolute atomic E-state index is 11.1. The molecule has 0 bridgehead atoms. The van der Waals surface area contributed by atoms with Crippen molar-refractivity contribution in [1.82, 2.24) is 10.2 Å². The van der Waals surface area contributed by atoms with E-state index in [1.54, 1.807) is 0 Å². The number of fused-ring (bicyclic) bond motifs is 1. The molecule has 0 saturated carbocycles. The number of ether oxygens (including phenoxy) is 1. The zero-order chi connectivity index (χ0) is 12.5. The van der Waals surface area contributed by atoms with Crippen molar-refractivity contribution >= 4 is 5.97 Å². The lowest BCUT2D eigenvalue weighted by molar-refractivity contribution is 0.0252. The fraction of sp³-hybridized carbons (Fsp3) is 0.231. The zero-order valence-electron chi connectivity index (χ0n) is 9.59. The van der Waals surface area contributed by atoms with Crippen molar-refractivity contribution < 1.29 is 14.6 Å². The smallest absolute Gasteiger partial charge is 0.356 e. The van der Waals surface area contributed by atoms with Crippen molar-refractivity contribution in [2.45, 2.75) is 19.1 Å². The number of aromatic carboxylic acids is 1. The monoisotopic (exact) mass is 244 g/mol. The first-order chi connectivity index (χ1) is 8.75. The quantitative estimate of drug-likeness (QED) is 0.846. The summed E-state index contributed by atoms with van der Waals surface area (Å²) in [6.07, 6.45) is 0.437. The van der Waals surface area contributed by atoms with Gasteiger partial charge in [-0.1, -0.05) is 30.3 Å². The van der Waals surface area contributed by atoms with Crippen LogP contribution in [0, 0.1) is 0 Å². The molecule has 0 spiro atoms. The molecule has 18 heavy (non-hydrogen) atoms. The summed E-state index contributed by atoms with van der Waals surface area (Å²) in [7, 11) is 0. The van der Waals surface area contributed by atoms with Gasteiger partial charge < -0.3 is 9.84 Å². The number of carbonyl (C=O) groups is 1. The van der Waals surface area contributed by atoms with E-state index in [0.717, 1.165) is 16.8 Å². The predicted molar refractivity (Wildman–Crippen MR) is 63.2 cm³/mol. The second kappa shape index (κ2) is 4.27. The van der Waals surface area contributed by atoms with Crippen LogP contribution in [0.2, 0.25) is 0 Å². The largest absolute Gasteiger partial charge is 0.476 e. The summed E-state index contributed by atoms with van der Waals surface area (Å²) in [6.45, 7) is 0.370. The Bertz CT molecular complexity index is 577. The van der Waals surface area contributed by atoms with Crippen LogP contribution in [-0.4, -0.2) is 21.3 Å². The molecule has 2 aromatic rings. The van der Waals surface area contributed by atoms with E-state index in [1.807, 2.05) is 30.3 Å². The van der Waals surface area contributed by atoms with E-state index in [1.165, 1.54) is 0 Å². The molecule has 1 aliphatic heterocycles. The highest BCUT2D eigenvalue weighted by molar-refractivity contribution is 5.87. The van der Waals surface area contributed by atoms with Gasteiger partial charge in [-0.25, -0.2) is 4.79 Å². The summed E-state index contributed by atoms with van der Waals surface area (Å²) < 4.78 is 5.72. The van der Waals surface area contributed by atoms with E-state index in [2.05, 4.69) is 10.2 Å². The van der Waals surface area contributed by atoms with Crippen LogP contribution < -0.4 is 0 Å². The number of aromatic amines is 1. The maximum Gasteiger partial charge on any atom is 0.356 e. The van der Waals surface area contributed by atoms with Gasteiger partial charge in [0, 0.05) is 12.0 Å². The van der Waals surface area contributed by atoms with Gasteiger partial charge in [0.1, 0.15) is 0 Å². The van der Waals surface area contributed by atoms with Crippen molar-refractivity contribution in [3.63, 3.8) is 0 Å². The number of hydrogen-bond acceptors (Lipinski definition) is 3. The van der Waals surface area contributed by atoms with Gasteiger partial charge in [0.05, 0.1) is 18.4 Å². The summed E-state index contributed by atoms with van der Waals surface area (Å²) in [5, 5.41) is 15.6. The second-order valence-electron chi connectivity index (χ2n) is 4.25. The summed E-state index contributed by atoms with van der Waals surface area (Å²) in [5.41, 5.74) is 2.68. The number of carboxylic acids is 1. The van der Waals surface area contributed by atoms with Crippen molar-refractivity contribution in [1.29, 1.82) is 0 Å². The van der Waals surface area contributed by atoms with Crippen molar-refractivity contribution in [3.05, 3.63) is 52.8 Å². The van der Waals surface area contributed by atoms with E-state index in [9.17, 15) is 4.79 Å². The second-order valence-corrected chi connectivity index (χ2v) is 4.25. The van der Waals surface area contributed by atoms with E-state index in [4.69, 9.17) is 9.84 Å². The van der Waals surface area contributed by atoms with Crippen LogP contribution in [-0.2, 0) is 17.8 Å². The van der Waals surface area contributed by atoms with Crippen LogP contribution in [0.4, 0.5) is 0 Å². The molecule has 1 atom stereocenters. The Labute approximate surface area is 103 Å². The third kappa shape index (κ3) is 1.78. The highest BCUT2D eigenvalue weighted by Gasteiger charge is 2.27. The molecule has 1 aromatic heterocycles. The average molecular weight is 244 g/mol. The molecule has 5 heteroatoms. The predicted octanol–water partition coefficient (Wildman–Crippen LogP) is 1.92. The molecule has 0 radical (unpaired) electrons. The van der Waals surface area contributed by atoms with E-state index < -0.39 is 5.97 Å². The van der Waals surface area contributed by atoms with E-state index >= 15 is 0 Å². The number of benzene rings is 1. The van der Waals surface area contributed by atoms with Gasteiger partial charge in [-0.05, 0) is 5.56 Å². The number of H-pyrrole nitrogens is 1. The number of rotatable bonds is 2. The Morgan fingerprint density at radius 1 is 1.39 bits per heavy atom. The summed E-state index contributed by atoms with van der Waals surface area (Å²) in [5.74, 6) is -0.999. The fourth-order valence-electron chi connectivity index (χ4n) is 2.23. The van der Waals surface area contributed by atoms with Crippen LogP contribution in [0.1, 0.15) is 33.4 Å². The van der Waals surface area contributed by atoms with Crippen molar-refractivity contribution in [2.75, 3.05) is 0 Å². The molecule has 5 nitrogen and oxygen atoms in total. The standard InChI is InChI=1S/C13H12N2O3/c16-13(17)12-9-6-11(8-4-2-1-3-5-8)18-7-10(9)14-15-12/h1-5,11H,6-7H2,(H,14,15)(H,16,17). The van der Waals surface area contributed by atoms with Gasteiger partial charge in [0.2, 0.25) is 0 Å². The van der Waals surface area contributed by atoms with Gasteiger partial charge >= 0.3 is 5.97 Å². The summed E-state index contributed by atoms with van der Waals surface area (Å²) in [4.78, 5) is 11.1. The zero-order valence-corrected chi connectivity index (χ0v) is 9.59. The molecule has 0 fully saturated rings. The molecule has 0 aliphatic carbocycles. The van der Waals surface area contributed by atoms with Gasteiger partial charge in [0.25, 0.3) is 0 Å². The summed E-state index contributed by atoms with van der Waals surface area (Å²) in [6, 6.07) is 9.80. The average Bonchev–Trinajstić information content (AvgIpc) is 2.82. The molecule has 0 saturated heterocycles. The molecular formula is C13H12N2O3. The molecule has 1 unspecified atom stereocenters. The first kappa shape index (κ1) is 11.0. The molecule has 3 rings (SSSR count). The normalized spacial score (nSPS) is 18.3. The number of nitrogens with zero attached hydrogens (tertiary/aromatic N) is 1. The van der Waals surface area contributed by atoms with E-state index in [0.29, 0.717) is 13.0 Å². The van der Waals surface area contributed by atoms with Crippen LogP contribution in [0.15, 0.2) is 30.3 Å². The lowest BCUT2D eigenvalue weighted by Gasteiger charge is -2.23. The number of hydrogen-bond donors (Lipinski definition) is 2. The molecule has 0 amide bonds. The van der Waals surface area contributed by atoms with Gasteiger partial charge in [-0.3, -0.25) is 5.10 Å². The third-order valence-corrected chi connectivity index (χ3v) is 3.15. The number of carboxylic acid groups (broad SMARTS) is 1. The Kier molecular flexibility index (Phi) is 2.60. The van der Waals surface area contributed by atoms with Crippen LogP contribution in [0.25, 0.3) is 0 Å². The molecular weight excluding hydrogens is 232 g/mol. The topological polar surface area (TPSA) is 75.2 Å². The van der Waals surface area contributed by atoms with Crippen LogP contribution in [0.3, 0.4) is 0 Å². The van der Waals surface area contributed by atoms with Gasteiger partial charge in [0.15, 0.2) is 5.69 Å². The van der Waals surface area contributed by atoms with Crippen LogP contribution >= 0.6 is 0 Å². The van der Waals surface area contributed by atoms with Crippen molar-refractivity contribution in [3.8, 4) is 0 Å². The third-order valence-electron chi connectivity index (χ3n) is 3.15. The number of aromatic nitrogens is 2. The molecule has 1 aliphatic rings.